The SMILES string of the molecule is CC12CCCN1c1ccc(Br)cc1C(=O)N2Nc1ccccc1. The molecule has 0 aromatic heterocycles. The molecular formula is C18H18BrN3O. The van der Waals surface area contributed by atoms with Crippen LogP contribution in [0.5, 0.6) is 0 Å². The van der Waals surface area contributed by atoms with Gasteiger partial charge in [-0.1, -0.05) is 34.1 Å². The number of carbonyl (C=O) groups is 1. The molecule has 2 aromatic rings. The van der Waals surface area contributed by atoms with E-state index >= 15 is 0 Å². The first-order valence-corrected chi connectivity index (χ1v) is 8.62. The van der Waals surface area contributed by atoms with Gasteiger partial charge in [-0.05, 0) is 50.1 Å². The summed E-state index contributed by atoms with van der Waals surface area (Å²) in [5.74, 6) is 0.0193. The van der Waals surface area contributed by atoms with Crippen molar-refractivity contribution in [2.75, 3.05) is 16.9 Å². The van der Waals surface area contributed by atoms with Gasteiger partial charge in [-0.2, -0.15) is 0 Å². The van der Waals surface area contributed by atoms with Crippen molar-refractivity contribution in [2.45, 2.75) is 25.4 Å². The summed E-state index contributed by atoms with van der Waals surface area (Å²) in [6, 6.07) is 15.8. The van der Waals surface area contributed by atoms with Crippen molar-refractivity contribution in [3.8, 4) is 0 Å². The van der Waals surface area contributed by atoms with Crippen LogP contribution in [0.4, 0.5) is 11.4 Å². The second-order valence-electron chi connectivity index (χ2n) is 6.25. The van der Waals surface area contributed by atoms with Crippen LogP contribution in [-0.2, 0) is 0 Å². The van der Waals surface area contributed by atoms with Crippen LogP contribution in [0.2, 0.25) is 0 Å². The van der Waals surface area contributed by atoms with Crippen LogP contribution in [0.25, 0.3) is 0 Å². The zero-order valence-corrected chi connectivity index (χ0v) is 14.5. The highest BCUT2D eigenvalue weighted by atomic mass is 79.9. The zero-order valence-electron chi connectivity index (χ0n) is 12.9. The maximum absolute atomic E-state index is 13.1. The molecule has 23 heavy (non-hydrogen) atoms. The molecule has 2 aliphatic heterocycles. The number of fused-ring (bicyclic) bond motifs is 3. The maximum atomic E-state index is 13.1. The fourth-order valence-corrected chi connectivity index (χ4v) is 3.99. The molecule has 2 aliphatic rings. The Bertz CT molecular complexity index is 764. The van der Waals surface area contributed by atoms with Crippen LogP contribution < -0.4 is 10.3 Å². The van der Waals surface area contributed by atoms with Crippen LogP contribution in [0.15, 0.2) is 53.0 Å². The smallest absolute Gasteiger partial charge is 0.276 e. The molecule has 4 nitrogen and oxygen atoms in total. The highest BCUT2D eigenvalue weighted by molar-refractivity contribution is 9.10. The Morgan fingerprint density at radius 1 is 1.17 bits per heavy atom. The molecule has 0 saturated carbocycles. The summed E-state index contributed by atoms with van der Waals surface area (Å²) in [7, 11) is 0. The monoisotopic (exact) mass is 371 g/mol. The van der Waals surface area contributed by atoms with Crippen molar-refractivity contribution in [1.82, 2.24) is 5.01 Å². The zero-order chi connectivity index (χ0) is 16.0. The number of nitrogens with one attached hydrogen (secondary N) is 1. The van der Waals surface area contributed by atoms with Gasteiger partial charge in [-0.25, -0.2) is 5.01 Å². The van der Waals surface area contributed by atoms with Gasteiger partial charge in [-0.3, -0.25) is 10.2 Å². The number of amides is 1. The van der Waals surface area contributed by atoms with E-state index in [-0.39, 0.29) is 11.6 Å². The Hall–Kier alpha value is -2.01. The third-order valence-electron chi connectivity index (χ3n) is 4.79. The number of rotatable bonds is 2. The summed E-state index contributed by atoms with van der Waals surface area (Å²) in [6.45, 7) is 3.10. The molecule has 1 unspecified atom stereocenters. The molecule has 0 radical (unpaired) electrons. The number of hydrogen-bond acceptors (Lipinski definition) is 3. The fraction of sp³-hybridized carbons (Fsp3) is 0.278. The predicted octanol–water partition coefficient (Wildman–Crippen LogP) is 4.25. The maximum Gasteiger partial charge on any atom is 0.276 e. The number of para-hydroxylation sites is 1. The first-order chi connectivity index (χ1) is 11.1. The summed E-state index contributed by atoms with van der Waals surface area (Å²) in [4.78, 5) is 15.5. The Morgan fingerprint density at radius 2 is 1.96 bits per heavy atom. The Kier molecular flexibility index (Phi) is 3.34. The number of anilines is 2. The van der Waals surface area contributed by atoms with E-state index in [2.05, 4.69) is 33.2 Å². The third kappa shape index (κ3) is 2.22. The van der Waals surface area contributed by atoms with Crippen molar-refractivity contribution in [1.29, 1.82) is 0 Å². The van der Waals surface area contributed by atoms with Gasteiger partial charge in [0.15, 0.2) is 0 Å². The molecule has 2 heterocycles. The van der Waals surface area contributed by atoms with Crippen molar-refractivity contribution in [2.24, 2.45) is 0 Å². The predicted molar refractivity (Wildman–Crippen MR) is 95.4 cm³/mol. The Labute approximate surface area is 144 Å². The van der Waals surface area contributed by atoms with E-state index in [1.807, 2.05) is 48.5 Å². The lowest BCUT2D eigenvalue weighted by atomic mass is 10.0. The van der Waals surface area contributed by atoms with Gasteiger partial charge in [-0.15, -0.1) is 0 Å². The number of carbonyl (C=O) groups excluding carboxylic acids is 1. The van der Waals surface area contributed by atoms with Gasteiger partial charge < -0.3 is 4.90 Å². The second kappa shape index (κ2) is 5.27. The molecule has 1 fully saturated rings. The summed E-state index contributed by atoms with van der Waals surface area (Å²) < 4.78 is 0.923. The highest BCUT2D eigenvalue weighted by Gasteiger charge is 2.49. The number of hydrazine groups is 1. The lowest BCUT2D eigenvalue weighted by molar-refractivity contribution is 0.0580. The van der Waals surface area contributed by atoms with Crippen LogP contribution in [-0.4, -0.2) is 23.1 Å². The quantitative estimate of drug-likeness (QED) is 0.856. The molecule has 0 aliphatic carbocycles. The van der Waals surface area contributed by atoms with E-state index in [0.29, 0.717) is 0 Å². The van der Waals surface area contributed by atoms with Gasteiger partial charge in [0.25, 0.3) is 5.91 Å². The first kappa shape index (κ1) is 14.6. The minimum Gasteiger partial charge on any atom is -0.347 e. The normalized spacial score (nSPS) is 22.8. The molecule has 1 amide bonds. The van der Waals surface area contributed by atoms with Crippen molar-refractivity contribution < 1.29 is 4.79 Å². The molecule has 0 spiro atoms. The minimum absolute atomic E-state index is 0.0193. The van der Waals surface area contributed by atoms with Crippen LogP contribution >= 0.6 is 15.9 Å². The summed E-state index contributed by atoms with van der Waals surface area (Å²) in [5.41, 5.74) is 5.68. The number of hydrogen-bond donors (Lipinski definition) is 1. The largest absolute Gasteiger partial charge is 0.347 e. The Morgan fingerprint density at radius 3 is 2.74 bits per heavy atom. The molecule has 1 saturated heterocycles. The number of halogens is 1. The lowest BCUT2D eigenvalue weighted by Crippen LogP contribution is -2.63. The van der Waals surface area contributed by atoms with Gasteiger partial charge >= 0.3 is 0 Å². The molecule has 1 atom stereocenters. The molecule has 118 valence electrons. The average molecular weight is 372 g/mol. The standard InChI is InChI=1S/C18H18BrN3O/c1-18-10-5-11-21(18)16-9-8-13(19)12-15(16)17(23)22(18)20-14-6-3-2-4-7-14/h2-4,6-9,12,20H,5,10-11H2,1H3. The van der Waals surface area contributed by atoms with E-state index in [0.717, 1.165) is 40.8 Å². The van der Waals surface area contributed by atoms with Crippen molar-refractivity contribution in [3.63, 3.8) is 0 Å². The molecule has 2 aromatic carbocycles. The average Bonchev–Trinajstić information content (AvgIpc) is 2.95. The van der Waals surface area contributed by atoms with Gasteiger partial charge in [0.05, 0.1) is 16.9 Å². The minimum atomic E-state index is -0.340. The molecule has 0 bridgehead atoms. The lowest BCUT2D eigenvalue weighted by Gasteiger charge is -2.49. The summed E-state index contributed by atoms with van der Waals surface area (Å²) >= 11 is 3.48. The van der Waals surface area contributed by atoms with Crippen LogP contribution in [0.3, 0.4) is 0 Å². The van der Waals surface area contributed by atoms with E-state index in [1.54, 1.807) is 5.01 Å². The molecular weight excluding hydrogens is 354 g/mol. The molecule has 1 N–H and O–H groups in total. The molecule has 5 heteroatoms. The highest BCUT2D eigenvalue weighted by Crippen LogP contribution is 2.44. The number of benzene rings is 2. The van der Waals surface area contributed by atoms with E-state index in [4.69, 9.17) is 0 Å². The van der Waals surface area contributed by atoms with E-state index in [1.165, 1.54) is 0 Å². The Balaban J connectivity index is 1.81. The van der Waals surface area contributed by atoms with Gasteiger partial charge in [0, 0.05) is 11.0 Å². The third-order valence-corrected chi connectivity index (χ3v) is 5.29. The second-order valence-corrected chi connectivity index (χ2v) is 7.17. The fourth-order valence-electron chi connectivity index (χ4n) is 3.63. The van der Waals surface area contributed by atoms with Crippen molar-refractivity contribution in [3.05, 3.63) is 58.6 Å². The first-order valence-electron chi connectivity index (χ1n) is 7.83. The van der Waals surface area contributed by atoms with E-state index < -0.39 is 0 Å². The van der Waals surface area contributed by atoms with Crippen molar-refractivity contribution >= 4 is 33.2 Å². The molecule has 4 rings (SSSR count). The summed E-state index contributed by atoms with van der Waals surface area (Å²) in [5, 5.41) is 1.80. The van der Waals surface area contributed by atoms with E-state index in [9.17, 15) is 4.79 Å². The number of nitrogens with zero attached hydrogens (tertiary/aromatic N) is 2. The topological polar surface area (TPSA) is 35.6 Å². The van der Waals surface area contributed by atoms with Gasteiger partial charge in [0.1, 0.15) is 5.66 Å². The van der Waals surface area contributed by atoms with Gasteiger partial charge in [0.2, 0.25) is 0 Å². The summed E-state index contributed by atoms with van der Waals surface area (Å²) in [6.07, 6.45) is 2.03. The van der Waals surface area contributed by atoms with Crippen LogP contribution in [0, 0.1) is 0 Å². The van der Waals surface area contributed by atoms with Crippen LogP contribution in [0.1, 0.15) is 30.1 Å².